The molecule has 0 bridgehead atoms. The van der Waals surface area contributed by atoms with Crippen LogP contribution in [0.5, 0.6) is 0 Å². The van der Waals surface area contributed by atoms with Gasteiger partial charge in [-0.05, 0) is 13.8 Å². The number of rotatable bonds is 2. The minimum absolute atomic E-state index is 0.0229. The zero-order valence-electron chi connectivity index (χ0n) is 8.86. The first-order chi connectivity index (χ1) is 7.08. The number of aliphatic hydroxyl groups is 1. The Morgan fingerprint density at radius 2 is 2.27 bits per heavy atom. The number of likely N-dealkylation sites (tertiary alicyclic amines) is 1. The number of β-amino-alcohol motifs (C(OH)–C–C–N with tert-alkyl or cyclic N) is 1. The summed E-state index contributed by atoms with van der Waals surface area (Å²) in [6.45, 7) is 4.52. The van der Waals surface area contributed by atoms with E-state index in [1.165, 1.54) is 0 Å². The number of carbonyl (C=O) groups excluding carboxylic acids is 1. The van der Waals surface area contributed by atoms with Gasteiger partial charge in [-0.1, -0.05) is 5.16 Å². The Hall–Kier alpha value is -1.36. The first-order valence-corrected chi connectivity index (χ1v) is 4.95. The van der Waals surface area contributed by atoms with Crippen molar-refractivity contribution in [3.8, 4) is 0 Å². The van der Waals surface area contributed by atoms with E-state index in [0.29, 0.717) is 25.3 Å². The first-order valence-electron chi connectivity index (χ1n) is 4.95. The molecule has 0 saturated carbocycles. The minimum Gasteiger partial charge on any atom is -0.389 e. The van der Waals surface area contributed by atoms with Gasteiger partial charge in [0.25, 0.3) is 0 Å². The summed E-state index contributed by atoms with van der Waals surface area (Å²) in [6.07, 6.45) is -0.0351. The predicted molar refractivity (Wildman–Crippen MR) is 52.3 cm³/mol. The highest BCUT2D eigenvalue weighted by Crippen LogP contribution is 2.16. The lowest BCUT2D eigenvalue weighted by atomic mass is 10.1. The Balaban J connectivity index is 2.00. The smallest absolute Gasteiger partial charge is 0.227 e. The number of amides is 1. The summed E-state index contributed by atoms with van der Waals surface area (Å²) in [5.74, 6) is 0.719. The van der Waals surface area contributed by atoms with E-state index in [-0.39, 0.29) is 12.0 Å². The molecule has 0 atom stereocenters. The molecule has 1 amide bonds. The third-order valence-corrected chi connectivity index (χ3v) is 2.72. The Kier molecular flexibility index (Phi) is 2.48. The number of nitrogens with zero attached hydrogens (tertiary/aromatic N) is 2. The third kappa shape index (κ3) is 1.87. The molecule has 2 rings (SSSR count). The van der Waals surface area contributed by atoms with E-state index < -0.39 is 0 Å². The van der Waals surface area contributed by atoms with Gasteiger partial charge in [0.15, 0.2) is 0 Å². The Morgan fingerprint density at radius 3 is 2.73 bits per heavy atom. The van der Waals surface area contributed by atoms with E-state index in [4.69, 9.17) is 9.63 Å². The van der Waals surface area contributed by atoms with Crippen LogP contribution in [0.2, 0.25) is 0 Å². The summed E-state index contributed by atoms with van der Waals surface area (Å²) in [5, 5.41) is 12.9. The van der Waals surface area contributed by atoms with Crippen LogP contribution in [0.15, 0.2) is 4.52 Å². The molecule has 0 aromatic carbocycles. The molecule has 5 heteroatoms. The highest BCUT2D eigenvalue weighted by molar-refractivity contribution is 5.80. The van der Waals surface area contributed by atoms with Crippen molar-refractivity contribution in [2.24, 2.45) is 0 Å². The lowest BCUT2D eigenvalue weighted by Crippen LogP contribution is -2.54. The van der Waals surface area contributed by atoms with Crippen molar-refractivity contribution in [3.05, 3.63) is 17.0 Å². The molecular weight excluding hydrogens is 196 g/mol. The molecule has 1 aliphatic heterocycles. The SMILES string of the molecule is Cc1noc(C)c1CC(=O)N1CC(O)C1. The lowest BCUT2D eigenvalue weighted by molar-refractivity contribution is -0.140. The molecule has 82 valence electrons. The second kappa shape index (κ2) is 3.66. The summed E-state index contributed by atoms with van der Waals surface area (Å²) in [5.41, 5.74) is 1.63. The summed E-state index contributed by atoms with van der Waals surface area (Å²) in [7, 11) is 0. The van der Waals surface area contributed by atoms with E-state index >= 15 is 0 Å². The normalized spacial score (nSPS) is 16.6. The van der Waals surface area contributed by atoms with Gasteiger partial charge in [0.2, 0.25) is 5.91 Å². The van der Waals surface area contributed by atoms with Gasteiger partial charge in [-0.25, -0.2) is 0 Å². The van der Waals surface area contributed by atoms with Gasteiger partial charge in [0.05, 0.1) is 18.2 Å². The van der Waals surface area contributed by atoms with E-state index in [2.05, 4.69) is 5.16 Å². The van der Waals surface area contributed by atoms with E-state index in [9.17, 15) is 4.79 Å². The Morgan fingerprint density at radius 1 is 1.60 bits per heavy atom. The van der Waals surface area contributed by atoms with Crippen LogP contribution < -0.4 is 0 Å². The van der Waals surface area contributed by atoms with Crippen LogP contribution in [0.3, 0.4) is 0 Å². The second-order valence-corrected chi connectivity index (χ2v) is 3.93. The number of aliphatic hydroxyl groups excluding tert-OH is 1. The van der Waals surface area contributed by atoms with Crippen molar-refractivity contribution in [1.82, 2.24) is 10.1 Å². The van der Waals surface area contributed by atoms with E-state index in [1.807, 2.05) is 6.92 Å². The lowest BCUT2D eigenvalue weighted by Gasteiger charge is -2.35. The molecule has 0 spiro atoms. The van der Waals surface area contributed by atoms with Crippen LogP contribution in [-0.2, 0) is 11.2 Å². The summed E-state index contributed by atoms with van der Waals surface area (Å²) >= 11 is 0. The van der Waals surface area contributed by atoms with Crippen LogP contribution in [-0.4, -0.2) is 40.3 Å². The number of aromatic nitrogens is 1. The zero-order chi connectivity index (χ0) is 11.0. The molecule has 2 heterocycles. The first kappa shape index (κ1) is 10.2. The van der Waals surface area contributed by atoms with Crippen LogP contribution >= 0.6 is 0 Å². The fourth-order valence-corrected chi connectivity index (χ4v) is 1.68. The molecule has 0 radical (unpaired) electrons. The van der Waals surface area contributed by atoms with Crippen LogP contribution in [0.25, 0.3) is 0 Å². The standard InChI is InChI=1S/C10H14N2O3/c1-6-9(7(2)15-11-6)3-10(14)12-4-8(13)5-12/h8,13H,3-5H2,1-2H3. The minimum atomic E-state index is -0.349. The molecule has 1 saturated heterocycles. The van der Waals surface area contributed by atoms with Crippen LogP contribution in [0.1, 0.15) is 17.0 Å². The maximum Gasteiger partial charge on any atom is 0.227 e. The van der Waals surface area contributed by atoms with E-state index in [1.54, 1.807) is 11.8 Å². The van der Waals surface area contributed by atoms with Gasteiger partial charge < -0.3 is 14.5 Å². The fraction of sp³-hybridized carbons (Fsp3) is 0.600. The van der Waals surface area contributed by atoms with Crippen molar-refractivity contribution in [2.45, 2.75) is 26.4 Å². The maximum atomic E-state index is 11.7. The Bertz CT molecular complexity index is 361. The molecule has 1 aromatic heterocycles. The van der Waals surface area contributed by atoms with Gasteiger partial charge >= 0.3 is 0 Å². The second-order valence-electron chi connectivity index (χ2n) is 3.93. The van der Waals surface area contributed by atoms with Crippen molar-refractivity contribution < 1.29 is 14.4 Å². The molecule has 0 unspecified atom stereocenters. The molecular formula is C10H14N2O3. The van der Waals surface area contributed by atoms with Gasteiger partial charge in [-0.2, -0.15) is 0 Å². The van der Waals surface area contributed by atoms with Crippen LogP contribution in [0.4, 0.5) is 0 Å². The molecule has 15 heavy (non-hydrogen) atoms. The van der Waals surface area contributed by atoms with Crippen molar-refractivity contribution in [3.63, 3.8) is 0 Å². The van der Waals surface area contributed by atoms with Crippen molar-refractivity contribution >= 4 is 5.91 Å². The van der Waals surface area contributed by atoms with Gasteiger partial charge in [0.1, 0.15) is 5.76 Å². The topological polar surface area (TPSA) is 66.6 Å². The molecule has 1 aromatic rings. The molecule has 1 N–H and O–H groups in total. The molecule has 5 nitrogen and oxygen atoms in total. The molecule has 0 aliphatic carbocycles. The molecule has 1 aliphatic rings. The summed E-state index contributed by atoms with van der Waals surface area (Å²) in [6, 6.07) is 0. The van der Waals surface area contributed by atoms with Crippen molar-refractivity contribution in [1.29, 1.82) is 0 Å². The quantitative estimate of drug-likeness (QED) is 0.748. The number of aryl methyl sites for hydroxylation is 2. The average molecular weight is 210 g/mol. The third-order valence-electron chi connectivity index (χ3n) is 2.72. The van der Waals surface area contributed by atoms with Crippen LogP contribution in [0, 0.1) is 13.8 Å². The summed E-state index contributed by atoms with van der Waals surface area (Å²) in [4.78, 5) is 13.3. The summed E-state index contributed by atoms with van der Waals surface area (Å²) < 4.78 is 4.98. The average Bonchev–Trinajstić information content (AvgIpc) is 2.44. The fourth-order valence-electron chi connectivity index (χ4n) is 1.68. The monoisotopic (exact) mass is 210 g/mol. The number of hydrogen-bond acceptors (Lipinski definition) is 4. The van der Waals surface area contributed by atoms with E-state index in [0.717, 1.165) is 11.3 Å². The number of hydrogen-bond donors (Lipinski definition) is 1. The number of carbonyl (C=O) groups is 1. The maximum absolute atomic E-state index is 11.7. The highest BCUT2D eigenvalue weighted by atomic mass is 16.5. The van der Waals surface area contributed by atoms with Gasteiger partial charge in [0, 0.05) is 18.7 Å². The zero-order valence-corrected chi connectivity index (χ0v) is 8.86. The van der Waals surface area contributed by atoms with Gasteiger partial charge in [-0.15, -0.1) is 0 Å². The predicted octanol–water partition coefficient (Wildman–Crippen LogP) is 0.0370. The highest BCUT2D eigenvalue weighted by Gasteiger charge is 2.29. The largest absolute Gasteiger partial charge is 0.389 e. The Labute approximate surface area is 87.7 Å². The van der Waals surface area contributed by atoms with Gasteiger partial charge in [-0.3, -0.25) is 4.79 Å². The molecule has 1 fully saturated rings. The van der Waals surface area contributed by atoms with Crippen molar-refractivity contribution in [2.75, 3.05) is 13.1 Å².